The number of fused-ring (bicyclic) bond motifs is 2. The van der Waals surface area contributed by atoms with Crippen molar-refractivity contribution in [2.75, 3.05) is 25.6 Å². The first-order valence-corrected chi connectivity index (χ1v) is 9.82. The molecule has 0 saturated carbocycles. The maximum atomic E-state index is 11.7. The van der Waals surface area contributed by atoms with E-state index < -0.39 is 0 Å². The third-order valence-electron chi connectivity index (χ3n) is 4.67. The van der Waals surface area contributed by atoms with Crippen molar-refractivity contribution < 1.29 is 19.0 Å². The second-order valence-corrected chi connectivity index (χ2v) is 7.79. The summed E-state index contributed by atoms with van der Waals surface area (Å²) in [4.78, 5) is 22.8. The van der Waals surface area contributed by atoms with E-state index in [1.807, 2.05) is 24.3 Å². The molecule has 1 atom stereocenters. The SMILES string of the molecule is COC(=O)Cc1nc(NCC2COc3ccccc3O2)c2c(C)c(C)sc2n1. The predicted molar refractivity (Wildman–Crippen MR) is 107 cm³/mol. The minimum Gasteiger partial charge on any atom is -0.486 e. The molecule has 0 saturated heterocycles. The van der Waals surface area contributed by atoms with Gasteiger partial charge in [-0.05, 0) is 31.5 Å². The van der Waals surface area contributed by atoms with Gasteiger partial charge in [0.15, 0.2) is 11.5 Å². The Hall–Kier alpha value is -2.87. The van der Waals surface area contributed by atoms with Crippen molar-refractivity contribution in [3.8, 4) is 11.5 Å². The number of para-hydroxylation sites is 2. The van der Waals surface area contributed by atoms with E-state index >= 15 is 0 Å². The van der Waals surface area contributed by atoms with E-state index in [1.54, 1.807) is 11.3 Å². The molecular weight excluding hydrogens is 378 g/mol. The largest absolute Gasteiger partial charge is 0.486 e. The van der Waals surface area contributed by atoms with Gasteiger partial charge in [0.25, 0.3) is 0 Å². The average Bonchev–Trinajstić information content (AvgIpc) is 2.99. The van der Waals surface area contributed by atoms with Crippen LogP contribution in [-0.4, -0.2) is 42.3 Å². The third kappa shape index (κ3) is 3.60. The van der Waals surface area contributed by atoms with Gasteiger partial charge in [0.1, 0.15) is 35.6 Å². The van der Waals surface area contributed by atoms with Gasteiger partial charge in [-0.3, -0.25) is 4.79 Å². The number of nitrogens with zero attached hydrogens (tertiary/aromatic N) is 2. The molecule has 0 bridgehead atoms. The Morgan fingerprint density at radius 3 is 2.86 bits per heavy atom. The van der Waals surface area contributed by atoms with Gasteiger partial charge in [0, 0.05) is 4.88 Å². The zero-order chi connectivity index (χ0) is 19.7. The molecule has 1 unspecified atom stereocenters. The monoisotopic (exact) mass is 399 g/mol. The summed E-state index contributed by atoms with van der Waals surface area (Å²) in [6.45, 7) is 5.08. The smallest absolute Gasteiger partial charge is 0.313 e. The van der Waals surface area contributed by atoms with Crippen LogP contribution >= 0.6 is 11.3 Å². The normalized spacial score (nSPS) is 15.5. The number of carbonyl (C=O) groups excluding carboxylic acids is 1. The molecule has 0 spiro atoms. The lowest BCUT2D eigenvalue weighted by Crippen LogP contribution is -2.35. The molecule has 0 radical (unpaired) electrons. The standard InChI is InChI=1S/C20H21N3O4S/c1-11-12(2)28-20-18(11)19(22-16(23-20)8-17(24)25-3)21-9-13-10-26-14-6-4-5-7-15(14)27-13/h4-7,13H,8-10H2,1-3H3,(H,21,22,23). The molecule has 1 aliphatic heterocycles. The molecular formula is C20H21N3O4S. The summed E-state index contributed by atoms with van der Waals surface area (Å²) < 4.78 is 16.5. The zero-order valence-corrected chi connectivity index (χ0v) is 16.8. The number of rotatable bonds is 5. The second-order valence-electron chi connectivity index (χ2n) is 6.58. The first-order valence-electron chi connectivity index (χ1n) is 9.01. The van der Waals surface area contributed by atoms with Crippen LogP contribution in [-0.2, 0) is 16.0 Å². The first kappa shape index (κ1) is 18.5. The number of carbonyl (C=O) groups is 1. The number of aromatic nitrogens is 2. The molecule has 1 aromatic carbocycles. The molecule has 7 nitrogen and oxygen atoms in total. The fraction of sp³-hybridized carbons (Fsp3) is 0.350. The van der Waals surface area contributed by atoms with Crippen LogP contribution in [0.2, 0.25) is 0 Å². The molecule has 3 heterocycles. The molecule has 1 N–H and O–H groups in total. The van der Waals surface area contributed by atoms with Gasteiger partial charge in [-0.25, -0.2) is 9.97 Å². The molecule has 1 aliphatic rings. The molecule has 4 rings (SSSR count). The lowest BCUT2D eigenvalue weighted by Gasteiger charge is -2.26. The van der Waals surface area contributed by atoms with E-state index in [0.717, 1.165) is 27.3 Å². The number of esters is 1. The topological polar surface area (TPSA) is 82.6 Å². The van der Waals surface area contributed by atoms with Crippen molar-refractivity contribution >= 4 is 33.3 Å². The Morgan fingerprint density at radius 2 is 2.07 bits per heavy atom. The summed E-state index contributed by atoms with van der Waals surface area (Å²) in [5, 5.41) is 4.35. The van der Waals surface area contributed by atoms with E-state index in [9.17, 15) is 4.79 Å². The van der Waals surface area contributed by atoms with Crippen LogP contribution in [0.1, 0.15) is 16.3 Å². The van der Waals surface area contributed by atoms with Gasteiger partial charge in [-0.15, -0.1) is 11.3 Å². The van der Waals surface area contributed by atoms with Crippen molar-refractivity contribution in [1.29, 1.82) is 0 Å². The van der Waals surface area contributed by atoms with Crippen LogP contribution in [0.25, 0.3) is 10.2 Å². The highest BCUT2D eigenvalue weighted by atomic mass is 32.1. The quantitative estimate of drug-likeness (QED) is 0.659. The fourth-order valence-corrected chi connectivity index (χ4v) is 4.12. The van der Waals surface area contributed by atoms with Crippen molar-refractivity contribution in [2.24, 2.45) is 0 Å². The number of hydrogen-bond donors (Lipinski definition) is 1. The minimum atomic E-state index is -0.365. The maximum absolute atomic E-state index is 11.7. The Labute approximate surface area is 166 Å². The van der Waals surface area contributed by atoms with Crippen molar-refractivity contribution in [3.63, 3.8) is 0 Å². The highest BCUT2D eigenvalue weighted by molar-refractivity contribution is 7.18. The van der Waals surface area contributed by atoms with Gasteiger partial charge < -0.3 is 19.5 Å². The fourth-order valence-electron chi connectivity index (χ4n) is 3.08. The summed E-state index contributed by atoms with van der Waals surface area (Å²) in [5.74, 6) is 2.27. The summed E-state index contributed by atoms with van der Waals surface area (Å²) in [6.07, 6.45) is -0.114. The predicted octanol–water partition coefficient (Wildman–Crippen LogP) is 3.28. The first-order chi connectivity index (χ1) is 13.5. The van der Waals surface area contributed by atoms with Crippen LogP contribution in [0.3, 0.4) is 0 Å². The summed E-state index contributed by atoms with van der Waals surface area (Å²) >= 11 is 1.59. The van der Waals surface area contributed by atoms with E-state index in [-0.39, 0.29) is 18.5 Å². The third-order valence-corrected chi connectivity index (χ3v) is 5.77. The molecule has 146 valence electrons. The highest BCUT2D eigenvalue weighted by Crippen LogP contribution is 2.34. The van der Waals surface area contributed by atoms with E-state index in [2.05, 4.69) is 29.1 Å². The Bertz CT molecular complexity index is 1030. The van der Waals surface area contributed by atoms with Crippen LogP contribution < -0.4 is 14.8 Å². The van der Waals surface area contributed by atoms with Crippen molar-refractivity contribution in [2.45, 2.75) is 26.4 Å². The average molecular weight is 399 g/mol. The van der Waals surface area contributed by atoms with E-state index in [4.69, 9.17) is 14.2 Å². The van der Waals surface area contributed by atoms with Crippen molar-refractivity contribution in [1.82, 2.24) is 9.97 Å². The minimum absolute atomic E-state index is 0.0352. The van der Waals surface area contributed by atoms with Gasteiger partial charge in [0.2, 0.25) is 0 Å². The Balaban J connectivity index is 1.58. The number of benzene rings is 1. The number of anilines is 1. The molecule has 0 aliphatic carbocycles. The Kier molecular flexibility index (Phi) is 5.04. The summed E-state index contributed by atoms with van der Waals surface area (Å²) in [6, 6.07) is 7.63. The number of methoxy groups -OCH3 is 1. The van der Waals surface area contributed by atoms with Gasteiger partial charge >= 0.3 is 5.97 Å². The highest BCUT2D eigenvalue weighted by Gasteiger charge is 2.22. The lowest BCUT2D eigenvalue weighted by molar-refractivity contribution is -0.139. The second kappa shape index (κ2) is 7.63. The number of ether oxygens (including phenoxy) is 3. The van der Waals surface area contributed by atoms with Crippen LogP contribution in [0.15, 0.2) is 24.3 Å². The molecule has 0 amide bonds. The Morgan fingerprint density at radius 1 is 1.29 bits per heavy atom. The van der Waals surface area contributed by atoms with Gasteiger partial charge in [0.05, 0.1) is 19.0 Å². The van der Waals surface area contributed by atoms with E-state index in [1.165, 1.54) is 12.0 Å². The summed E-state index contributed by atoms with van der Waals surface area (Å²) in [5.41, 5.74) is 1.14. The van der Waals surface area contributed by atoms with Crippen LogP contribution in [0.5, 0.6) is 11.5 Å². The number of nitrogens with one attached hydrogen (secondary N) is 1. The van der Waals surface area contributed by atoms with Crippen LogP contribution in [0.4, 0.5) is 5.82 Å². The van der Waals surface area contributed by atoms with Crippen molar-refractivity contribution in [3.05, 3.63) is 40.5 Å². The number of aryl methyl sites for hydroxylation is 2. The molecule has 2 aromatic heterocycles. The number of thiophene rings is 1. The van der Waals surface area contributed by atoms with E-state index in [0.29, 0.717) is 24.8 Å². The zero-order valence-electron chi connectivity index (χ0n) is 15.9. The number of hydrogen-bond acceptors (Lipinski definition) is 8. The lowest BCUT2D eigenvalue weighted by atomic mass is 10.2. The van der Waals surface area contributed by atoms with Gasteiger partial charge in [-0.2, -0.15) is 0 Å². The molecule has 8 heteroatoms. The maximum Gasteiger partial charge on any atom is 0.313 e. The van der Waals surface area contributed by atoms with Gasteiger partial charge in [-0.1, -0.05) is 12.1 Å². The summed E-state index contributed by atoms with van der Waals surface area (Å²) in [7, 11) is 1.36. The molecule has 3 aromatic rings. The molecule has 0 fully saturated rings. The van der Waals surface area contributed by atoms with Crippen LogP contribution in [0, 0.1) is 13.8 Å². The molecule has 28 heavy (non-hydrogen) atoms.